The minimum absolute atomic E-state index is 0.0548. The zero-order valence-electron chi connectivity index (χ0n) is 10.4. The zero-order chi connectivity index (χ0) is 14.8. The monoisotopic (exact) mass is 313 g/mol. The van der Waals surface area contributed by atoms with Crippen LogP contribution in [0.5, 0.6) is 11.5 Å². The van der Waals surface area contributed by atoms with Crippen molar-refractivity contribution in [3.8, 4) is 11.5 Å². The molecule has 2 aromatic rings. The van der Waals surface area contributed by atoms with E-state index in [2.05, 4.69) is 4.72 Å². The molecule has 0 aliphatic carbocycles. The molecule has 0 atom stereocenters. The molecular weight excluding hydrogens is 302 g/mol. The Labute approximate surface area is 119 Å². The Morgan fingerprint density at radius 3 is 2.60 bits per heavy atom. The maximum Gasteiger partial charge on any atom is 0.349 e. The number of carboxylic acids is 1. The second-order valence-electron chi connectivity index (χ2n) is 3.89. The Hall–Kier alpha value is -2.06. The average Bonchev–Trinajstić information content (AvgIpc) is 2.78. The van der Waals surface area contributed by atoms with Crippen molar-refractivity contribution in [2.75, 3.05) is 11.0 Å². The van der Waals surface area contributed by atoms with Gasteiger partial charge in [-0.2, -0.15) is 0 Å². The first kappa shape index (κ1) is 14.4. The number of carboxylic acid groups (broad SMARTS) is 1. The van der Waals surface area contributed by atoms with Crippen LogP contribution in [0.4, 0.5) is 5.69 Å². The molecule has 8 heteroatoms. The Balaban J connectivity index is 2.34. The number of carbonyl (C=O) groups is 1. The lowest BCUT2D eigenvalue weighted by atomic mass is 10.3. The number of hydrogen-bond acceptors (Lipinski definition) is 5. The molecule has 2 rings (SSSR count). The van der Waals surface area contributed by atoms with E-state index in [1.807, 2.05) is 0 Å². The minimum atomic E-state index is -3.45. The molecule has 6 nitrogen and oxygen atoms in total. The first-order valence-electron chi connectivity index (χ1n) is 5.42. The van der Waals surface area contributed by atoms with Crippen molar-refractivity contribution in [2.45, 2.75) is 0 Å². The Morgan fingerprint density at radius 2 is 1.95 bits per heavy atom. The van der Waals surface area contributed by atoms with Gasteiger partial charge in [0, 0.05) is 0 Å². The van der Waals surface area contributed by atoms with Crippen molar-refractivity contribution < 1.29 is 23.1 Å². The number of aromatic carboxylic acids is 1. The molecule has 1 aromatic carbocycles. The van der Waals surface area contributed by atoms with Gasteiger partial charge in [0.2, 0.25) is 10.0 Å². The van der Waals surface area contributed by atoms with Gasteiger partial charge < -0.3 is 9.84 Å². The lowest BCUT2D eigenvalue weighted by Crippen LogP contribution is -2.10. The first-order valence-corrected chi connectivity index (χ1v) is 8.19. The third-order valence-corrected chi connectivity index (χ3v) is 3.70. The molecule has 0 aliphatic rings. The van der Waals surface area contributed by atoms with Crippen LogP contribution >= 0.6 is 11.3 Å². The third-order valence-electron chi connectivity index (χ3n) is 2.23. The number of para-hydroxylation sites is 2. The second-order valence-corrected chi connectivity index (χ2v) is 6.56. The van der Waals surface area contributed by atoms with Crippen LogP contribution in [0.1, 0.15) is 9.67 Å². The molecule has 0 radical (unpaired) electrons. The van der Waals surface area contributed by atoms with Crippen LogP contribution in [0.3, 0.4) is 0 Å². The summed E-state index contributed by atoms with van der Waals surface area (Å²) in [6.45, 7) is 0. The van der Waals surface area contributed by atoms with E-state index in [0.29, 0.717) is 0 Å². The van der Waals surface area contributed by atoms with Crippen molar-refractivity contribution in [1.29, 1.82) is 0 Å². The normalized spacial score (nSPS) is 11.1. The number of thiophene rings is 1. The van der Waals surface area contributed by atoms with Crippen LogP contribution in [0.15, 0.2) is 35.7 Å². The number of rotatable bonds is 5. The van der Waals surface area contributed by atoms with E-state index in [-0.39, 0.29) is 22.1 Å². The molecule has 0 fully saturated rings. The Morgan fingerprint density at radius 1 is 1.25 bits per heavy atom. The average molecular weight is 313 g/mol. The summed E-state index contributed by atoms with van der Waals surface area (Å²) in [5.74, 6) is -0.687. The molecule has 0 amide bonds. The summed E-state index contributed by atoms with van der Waals surface area (Å²) < 4.78 is 30.3. The number of anilines is 1. The number of benzene rings is 1. The highest BCUT2D eigenvalue weighted by atomic mass is 32.2. The van der Waals surface area contributed by atoms with Gasteiger partial charge in [-0.1, -0.05) is 12.1 Å². The Bertz CT molecular complexity index is 736. The lowest BCUT2D eigenvalue weighted by Gasteiger charge is -2.11. The third kappa shape index (κ3) is 3.49. The molecule has 0 unspecified atom stereocenters. The van der Waals surface area contributed by atoms with Gasteiger partial charge in [0.15, 0.2) is 16.4 Å². The zero-order valence-corrected chi connectivity index (χ0v) is 12.0. The highest BCUT2D eigenvalue weighted by Gasteiger charge is 2.16. The van der Waals surface area contributed by atoms with Crippen LogP contribution in [-0.2, 0) is 10.0 Å². The molecule has 0 saturated heterocycles. The summed E-state index contributed by atoms with van der Waals surface area (Å²) in [6.07, 6.45) is 1.02. The molecule has 0 bridgehead atoms. The first-order chi connectivity index (χ1) is 9.37. The van der Waals surface area contributed by atoms with Gasteiger partial charge in [0.25, 0.3) is 0 Å². The van der Waals surface area contributed by atoms with Crippen LogP contribution in [0.25, 0.3) is 0 Å². The van der Waals surface area contributed by atoms with E-state index < -0.39 is 16.0 Å². The molecule has 1 aromatic heterocycles. The van der Waals surface area contributed by atoms with E-state index in [9.17, 15) is 13.2 Å². The van der Waals surface area contributed by atoms with Crippen molar-refractivity contribution in [3.63, 3.8) is 0 Å². The fourth-order valence-electron chi connectivity index (χ4n) is 1.49. The summed E-state index contributed by atoms with van der Waals surface area (Å²) in [7, 11) is -3.45. The van der Waals surface area contributed by atoms with Gasteiger partial charge in [0.05, 0.1) is 11.9 Å². The highest BCUT2D eigenvalue weighted by Crippen LogP contribution is 2.34. The molecular formula is C12H11NO5S2. The fraction of sp³-hybridized carbons (Fsp3) is 0.0833. The van der Waals surface area contributed by atoms with Gasteiger partial charge in [-0.25, -0.2) is 13.2 Å². The molecule has 0 saturated carbocycles. The van der Waals surface area contributed by atoms with Crippen LogP contribution in [-0.4, -0.2) is 25.7 Å². The smallest absolute Gasteiger partial charge is 0.349 e. The van der Waals surface area contributed by atoms with Gasteiger partial charge >= 0.3 is 5.97 Å². The fourth-order valence-corrected chi connectivity index (χ4v) is 2.71. The van der Waals surface area contributed by atoms with Gasteiger partial charge in [0.1, 0.15) is 0 Å². The maximum absolute atomic E-state index is 11.3. The van der Waals surface area contributed by atoms with Gasteiger partial charge in [-0.3, -0.25) is 4.72 Å². The van der Waals surface area contributed by atoms with Crippen LogP contribution in [0.2, 0.25) is 0 Å². The predicted octanol–water partition coefficient (Wildman–Crippen LogP) is 2.61. The van der Waals surface area contributed by atoms with Crippen molar-refractivity contribution in [2.24, 2.45) is 0 Å². The summed E-state index contributed by atoms with van der Waals surface area (Å²) in [4.78, 5) is 11.1. The van der Waals surface area contributed by atoms with E-state index >= 15 is 0 Å². The molecule has 106 valence electrons. The summed E-state index contributed by atoms with van der Waals surface area (Å²) in [5.41, 5.74) is 0.248. The van der Waals surface area contributed by atoms with Gasteiger partial charge in [-0.15, -0.1) is 11.3 Å². The van der Waals surface area contributed by atoms with Crippen molar-refractivity contribution in [3.05, 3.63) is 40.6 Å². The highest BCUT2D eigenvalue weighted by molar-refractivity contribution is 7.92. The van der Waals surface area contributed by atoms with Crippen LogP contribution in [0, 0.1) is 0 Å². The largest absolute Gasteiger partial charge is 0.477 e. The molecule has 0 aliphatic heterocycles. The maximum atomic E-state index is 11.3. The summed E-state index contributed by atoms with van der Waals surface area (Å²) >= 11 is 1.03. The van der Waals surface area contributed by atoms with Crippen molar-refractivity contribution in [1.82, 2.24) is 0 Å². The van der Waals surface area contributed by atoms with E-state index in [1.165, 1.54) is 12.1 Å². The second kappa shape index (κ2) is 5.51. The Kier molecular flexibility index (Phi) is 3.96. The number of nitrogens with one attached hydrogen (secondary N) is 1. The number of hydrogen-bond donors (Lipinski definition) is 2. The lowest BCUT2D eigenvalue weighted by molar-refractivity contribution is 0.0699. The number of ether oxygens (including phenoxy) is 1. The van der Waals surface area contributed by atoms with Crippen molar-refractivity contribution >= 4 is 33.0 Å². The van der Waals surface area contributed by atoms with Gasteiger partial charge in [-0.05, 0) is 23.6 Å². The predicted molar refractivity (Wildman–Crippen MR) is 76.3 cm³/mol. The molecule has 20 heavy (non-hydrogen) atoms. The minimum Gasteiger partial charge on any atom is -0.477 e. The van der Waals surface area contributed by atoms with E-state index in [0.717, 1.165) is 17.6 Å². The topological polar surface area (TPSA) is 92.7 Å². The standard InChI is InChI=1S/C12H11NO5S2/c1-20(16,17)13-8-4-2-3-5-9(8)18-10-6-7-19-11(10)12(14)15/h2-7,13H,1H3,(H,14,15). The molecule has 2 N–H and O–H groups in total. The molecule has 0 spiro atoms. The van der Waals surface area contributed by atoms with Crippen LogP contribution < -0.4 is 9.46 Å². The quantitative estimate of drug-likeness (QED) is 0.885. The van der Waals surface area contributed by atoms with E-state index in [1.54, 1.807) is 23.6 Å². The molecule has 1 heterocycles. The summed E-state index contributed by atoms with van der Waals surface area (Å²) in [6, 6.07) is 7.91. The summed E-state index contributed by atoms with van der Waals surface area (Å²) in [5, 5.41) is 10.6. The number of sulfonamides is 1. The van der Waals surface area contributed by atoms with E-state index in [4.69, 9.17) is 9.84 Å². The SMILES string of the molecule is CS(=O)(=O)Nc1ccccc1Oc1ccsc1C(=O)O.